The first-order chi connectivity index (χ1) is 8.83. The van der Waals surface area contributed by atoms with E-state index < -0.39 is 17.5 Å². The molecule has 9 nitrogen and oxygen atoms in total. The van der Waals surface area contributed by atoms with Crippen LogP contribution in [0, 0.1) is 0 Å². The lowest BCUT2D eigenvalue weighted by molar-refractivity contribution is -0.150. The molecule has 1 unspecified atom stereocenters. The third-order valence-corrected chi connectivity index (χ3v) is 2.84. The van der Waals surface area contributed by atoms with E-state index in [0.29, 0.717) is 0 Å². The number of ether oxygens (including phenoxy) is 1. The summed E-state index contributed by atoms with van der Waals surface area (Å²) in [6, 6.07) is 0. The SMILES string of the molecule is CON=C(C)C1(N(O)C(=O)OC)C(=O)N(C)N=C1C. The van der Waals surface area contributed by atoms with Crippen LogP contribution in [0.3, 0.4) is 0 Å². The van der Waals surface area contributed by atoms with Crippen LogP contribution in [-0.4, -0.2) is 65.5 Å². The number of hydrazone groups is 1. The van der Waals surface area contributed by atoms with E-state index >= 15 is 0 Å². The second-order valence-corrected chi connectivity index (χ2v) is 3.87. The third-order valence-electron chi connectivity index (χ3n) is 2.84. The fourth-order valence-electron chi connectivity index (χ4n) is 1.97. The van der Waals surface area contributed by atoms with Crippen LogP contribution in [0.2, 0.25) is 0 Å². The van der Waals surface area contributed by atoms with Crippen molar-refractivity contribution in [1.29, 1.82) is 0 Å². The molecule has 0 aromatic carbocycles. The number of hydrogen-bond acceptors (Lipinski definition) is 7. The zero-order chi connectivity index (χ0) is 14.8. The number of hydrogen-bond donors (Lipinski definition) is 1. The van der Waals surface area contributed by atoms with E-state index in [2.05, 4.69) is 19.8 Å². The second-order valence-electron chi connectivity index (χ2n) is 3.87. The quantitative estimate of drug-likeness (QED) is 0.444. The first kappa shape index (κ1) is 14.9. The first-order valence-electron chi connectivity index (χ1n) is 5.33. The summed E-state index contributed by atoms with van der Waals surface area (Å²) in [6.45, 7) is 2.92. The van der Waals surface area contributed by atoms with Crippen LogP contribution in [0.5, 0.6) is 0 Å². The van der Waals surface area contributed by atoms with E-state index in [9.17, 15) is 14.8 Å². The van der Waals surface area contributed by atoms with Crippen LogP contribution in [-0.2, 0) is 14.4 Å². The molecule has 0 radical (unpaired) electrons. The summed E-state index contributed by atoms with van der Waals surface area (Å²) >= 11 is 0. The topological polar surface area (TPSA) is 104 Å². The van der Waals surface area contributed by atoms with Crippen molar-refractivity contribution in [3.8, 4) is 0 Å². The Morgan fingerprint density at radius 3 is 2.47 bits per heavy atom. The van der Waals surface area contributed by atoms with Crippen LogP contribution in [0.25, 0.3) is 0 Å². The van der Waals surface area contributed by atoms with E-state index in [1.54, 1.807) is 0 Å². The average molecular weight is 272 g/mol. The summed E-state index contributed by atoms with van der Waals surface area (Å²) in [5.74, 6) is -0.642. The highest BCUT2D eigenvalue weighted by molar-refractivity contribution is 6.33. The number of nitrogens with zero attached hydrogens (tertiary/aromatic N) is 4. The van der Waals surface area contributed by atoms with Crippen molar-refractivity contribution in [2.45, 2.75) is 19.4 Å². The number of methoxy groups -OCH3 is 1. The molecule has 0 saturated carbocycles. The molecule has 0 aromatic rings. The smallest absolute Gasteiger partial charge is 0.435 e. The van der Waals surface area contributed by atoms with Gasteiger partial charge in [0.1, 0.15) is 7.11 Å². The van der Waals surface area contributed by atoms with E-state index in [1.807, 2.05) is 0 Å². The first-order valence-corrected chi connectivity index (χ1v) is 5.33. The predicted octanol–water partition coefficient (Wildman–Crippen LogP) is 0.0530. The molecule has 0 aliphatic carbocycles. The minimum Gasteiger partial charge on any atom is -0.451 e. The van der Waals surface area contributed by atoms with Crippen molar-refractivity contribution in [1.82, 2.24) is 10.1 Å². The Morgan fingerprint density at radius 1 is 1.53 bits per heavy atom. The standard InChI is InChI=1S/C10H16N4O5/c1-6-10(7(2)12-19-5,8(15)13(3)11-6)14(17)9(16)18-4/h17H,1-5H3. The highest BCUT2D eigenvalue weighted by Gasteiger charge is 2.58. The van der Waals surface area contributed by atoms with Gasteiger partial charge < -0.3 is 9.57 Å². The van der Waals surface area contributed by atoms with E-state index in [-0.39, 0.29) is 16.5 Å². The van der Waals surface area contributed by atoms with Gasteiger partial charge in [0.25, 0.3) is 5.91 Å². The van der Waals surface area contributed by atoms with E-state index in [1.165, 1.54) is 28.0 Å². The molecular formula is C10H16N4O5. The van der Waals surface area contributed by atoms with E-state index in [4.69, 9.17) is 0 Å². The molecule has 9 heteroatoms. The van der Waals surface area contributed by atoms with Crippen molar-refractivity contribution in [3.63, 3.8) is 0 Å². The Kier molecular flexibility index (Phi) is 4.10. The van der Waals surface area contributed by atoms with E-state index in [0.717, 1.165) is 12.1 Å². The van der Waals surface area contributed by atoms with Gasteiger partial charge in [0.05, 0.1) is 18.5 Å². The predicted molar refractivity (Wildman–Crippen MR) is 64.8 cm³/mol. The lowest BCUT2D eigenvalue weighted by Crippen LogP contribution is -2.64. The fraction of sp³-hybridized carbons (Fsp3) is 0.600. The molecule has 1 N–H and O–H groups in total. The molecule has 0 fully saturated rings. The fourth-order valence-corrected chi connectivity index (χ4v) is 1.97. The van der Waals surface area contributed by atoms with Gasteiger partial charge in [0.15, 0.2) is 0 Å². The van der Waals surface area contributed by atoms with Gasteiger partial charge in [-0.1, -0.05) is 5.16 Å². The zero-order valence-electron chi connectivity index (χ0n) is 11.4. The number of oxime groups is 1. The molecule has 0 aromatic heterocycles. The molecule has 1 aliphatic heterocycles. The lowest BCUT2D eigenvalue weighted by Gasteiger charge is -2.32. The van der Waals surface area contributed by atoms with Crippen molar-refractivity contribution in [2.75, 3.05) is 21.3 Å². The number of amides is 2. The second kappa shape index (κ2) is 5.22. The van der Waals surface area contributed by atoms with Gasteiger partial charge in [0, 0.05) is 7.05 Å². The molecule has 2 amide bonds. The Labute approximate surface area is 110 Å². The number of rotatable bonds is 3. The van der Waals surface area contributed by atoms with Crippen LogP contribution >= 0.6 is 0 Å². The van der Waals surface area contributed by atoms with Gasteiger partial charge in [-0.3, -0.25) is 10.0 Å². The molecule has 0 spiro atoms. The van der Waals surface area contributed by atoms with Gasteiger partial charge in [0.2, 0.25) is 5.54 Å². The van der Waals surface area contributed by atoms with Gasteiger partial charge in [-0.15, -0.1) is 0 Å². The van der Waals surface area contributed by atoms with Crippen molar-refractivity contribution in [3.05, 3.63) is 0 Å². The van der Waals surface area contributed by atoms with Gasteiger partial charge in [-0.2, -0.15) is 10.2 Å². The zero-order valence-corrected chi connectivity index (χ0v) is 11.4. The lowest BCUT2D eigenvalue weighted by atomic mass is 9.88. The Bertz CT molecular complexity index is 461. The maximum atomic E-state index is 12.3. The third kappa shape index (κ3) is 2.01. The van der Waals surface area contributed by atoms with Crippen molar-refractivity contribution < 1.29 is 24.4 Å². The summed E-state index contributed by atoms with van der Waals surface area (Å²) < 4.78 is 4.43. The minimum absolute atomic E-state index is 0.0542. The van der Waals surface area contributed by atoms with Crippen LogP contribution < -0.4 is 0 Å². The summed E-state index contributed by atoms with van der Waals surface area (Å²) in [6.07, 6.45) is -1.11. The van der Waals surface area contributed by atoms with Crippen molar-refractivity contribution in [2.24, 2.45) is 10.3 Å². The molecule has 1 heterocycles. The van der Waals surface area contributed by atoms with Gasteiger partial charge in [-0.05, 0) is 13.8 Å². The van der Waals surface area contributed by atoms with Crippen molar-refractivity contribution >= 4 is 23.4 Å². The number of carbonyl (C=O) groups excluding carboxylic acids is 2. The molecule has 1 atom stereocenters. The Hall–Kier alpha value is -2.16. The molecule has 1 rings (SSSR count). The van der Waals surface area contributed by atoms with Gasteiger partial charge >= 0.3 is 6.09 Å². The summed E-state index contributed by atoms with van der Waals surface area (Å²) in [5, 5.41) is 18.7. The summed E-state index contributed by atoms with van der Waals surface area (Å²) in [4.78, 5) is 28.4. The van der Waals surface area contributed by atoms with Crippen LogP contribution in [0.15, 0.2) is 10.3 Å². The van der Waals surface area contributed by atoms with Crippen LogP contribution in [0.1, 0.15) is 13.8 Å². The average Bonchev–Trinajstić information content (AvgIpc) is 2.59. The molecule has 0 bridgehead atoms. The Balaban J connectivity index is 3.44. The number of carbonyl (C=O) groups is 2. The monoisotopic (exact) mass is 272 g/mol. The molecule has 0 saturated heterocycles. The number of likely N-dealkylation sites (N-methyl/N-ethyl adjacent to an activating group) is 1. The maximum Gasteiger partial charge on any atom is 0.435 e. The highest BCUT2D eigenvalue weighted by atomic mass is 16.6. The molecule has 1 aliphatic rings. The number of hydroxylamine groups is 2. The molecular weight excluding hydrogens is 256 g/mol. The summed E-state index contributed by atoms with van der Waals surface area (Å²) in [7, 11) is 3.77. The maximum absolute atomic E-state index is 12.3. The van der Waals surface area contributed by atoms with Crippen LogP contribution in [0.4, 0.5) is 4.79 Å². The molecule has 19 heavy (non-hydrogen) atoms. The highest BCUT2D eigenvalue weighted by Crippen LogP contribution is 2.28. The Morgan fingerprint density at radius 2 is 2.11 bits per heavy atom. The van der Waals surface area contributed by atoms with Gasteiger partial charge in [-0.25, -0.2) is 9.80 Å². The normalized spacial score (nSPS) is 23.3. The molecule has 106 valence electrons. The largest absolute Gasteiger partial charge is 0.451 e. The minimum atomic E-state index is -1.85. The summed E-state index contributed by atoms with van der Waals surface area (Å²) in [5.41, 5.74) is -1.62.